The Morgan fingerprint density at radius 1 is 1.22 bits per heavy atom. The number of carboxylic acid groups (broad SMARTS) is 1. The summed E-state index contributed by atoms with van der Waals surface area (Å²) in [5, 5.41) is 12.2. The van der Waals surface area contributed by atoms with Gasteiger partial charge in [0.15, 0.2) is 0 Å². The van der Waals surface area contributed by atoms with Crippen molar-refractivity contribution in [3.8, 4) is 0 Å². The van der Waals surface area contributed by atoms with Crippen LogP contribution in [0, 0.1) is 11.8 Å². The SMILES string of the molecule is CC/C(=C/CNCC1CCC(CC)CC1)C(=O)O. The lowest BCUT2D eigenvalue weighted by Crippen LogP contribution is -2.26. The highest BCUT2D eigenvalue weighted by molar-refractivity contribution is 5.86. The van der Waals surface area contributed by atoms with Crippen molar-refractivity contribution >= 4 is 5.97 Å². The third-order valence-electron chi connectivity index (χ3n) is 4.13. The Morgan fingerprint density at radius 3 is 2.33 bits per heavy atom. The number of carbonyl (C=O) groups is 1. The van der Waals surface area contributed by atoms with Gasteiger partial charge in [0.05, 0.1) is 0 Å². The Kier molecular flexibility index (Phi) is 7.02. The van der Waals surface area contributed by atoms with Gasteiger partial charge in [0, 0.05) is 12.1 Å². The summed E-state index contributed by atoms with van der Waals surface area (Å²) in [7, 11) is 0. The quantitative estimate of drug-likeness (QED) is 0.541. The molecule has 1 fully saturated rings. The first-order valence-electron chi connectivity index (χ1n) is 7.30. The summed E-state index contributed by atoms with van der Waals surface area (Å²) in [5.74, 6) is 0.943. The maximum atomic E-state index is 10.8. The van der Waals surface area contributed by atoms with E-state index in [-0.39, 0.29) is 0 Å². The molecule has 1 saturated carbocycles. The van der Waals surface area contributed by atoms with E-state index in [2.05, 4.69) is 12.2 Å². The van der Waals surface area contributed by atoms with Crippen LogP contribution in [-0.4, -0.2) is 24.2 Å². The molecule has 0 heterocycles. The fraction of sp³-hybridized carbons (Fsp3) is 0.800. The maximum absolute atomic E-state index is 10.8. The minimum absolute atomic E-state index is 0.511. The van der Waals surface area contributed by atoms with E-state index in [0.29, 0.717) is 18.5 Å². The zero-order valence-corrected chi connectivity index (χ0v) is 11.7. The average molecular weight is 253 g/mol. The second kappa shape index (κ2) is 8.30. The topological polar surface area (TPSA) is 49.3 Å². The zero-order valence-electron chi connectivity index (χ0n) is 11.7. The molecule has 0 radical (unpaired) electrons. The van der Waals surface area contributed by atoms with E-state index in [1.807, 2.05) is 6.92 Å². The van der Waals surface area contributed by atoms with Crippen molar-refractivity contribution in [2.24, 2.45) is 11.8 Å². The van der Waals surface area contributed by atoms with Crippen LogP contribution >= 0.6 is 0 Å². The van der Waals surface area contributed by atoms with Gasteiger partial charge in [-0.3, -0.25) is 0 Å². The fourth-order valence-electron chi connectivity index (χ4n) is 2.71. The van der Waals surface area contributed by atoms with Crippen molar-refractivity contribution in [1.82, 2.24) is 5.32 Å². The lowest BCUT2D eigenvalue weighted by molar-refractivity contribution is -0.132. The molecule has 0 aromatic rings. The highest BCUT2D eigenvalue weighted by Crippen LogP contribution is 2.29. The number of aliphatic carboxylic acids is 1. The molecule has 3 nitrogen and oxygen atoms in total. The van der Waals surface area contributed by atoms with Crippen LogP contribution in [0.3, 0.4) is 0 Å². The molecule has 2 N–H and O–H groups in total. The molecule has 1 rings (SSSR count). The molecule has 0 aromatic carbocycles. The van der Waals surface area contributed by atoms with Crippen LogP contribution in [0.4, 0.5) is 0 Å². The zero-order chi connectivity index (χ0) is 13.4. The summed E-state index contributed by atoms with van der Waals surface area (Å²) in [6.45, 7) is 5.88. The first-order valence-corrected chi connectivity index (χ1v) is 7.30. The molecule has 0 spiro atoms. The van der Waals surface area contributed by atoms with Crippen LogP contribution in [0.1, 0.15) is 52.4 Å². The van der Waals surface area contributed by atoms with Gasteiger partial charge in [-0.2, -0.15) is 0 Å². The Hall–Kier alpha value is -0.830. The van der Waals surface area contributed by atoms with Crippen LogP contribution in [-0.2, 0) is 4.79 Å². The van der Waals surface area contributed by atoms with E-state index in [1.54, 1.807) is 6.08 Å². The molecule has 104 valence electrons. The van der Waals surface area contributed by atoms with E-state index in [1.165, 1.54) is 32.1 Å². The predicted octanol–water partition coefficient (Wildman–Crippen LogP) is 3.21. The van der Waals surface area contributed by atoms with Crippen LogP contribution < -0.4 is 5.32 Å². The van der Waals surface area contributed by atoms with E-state index in [0.717, 1.165) is 18.4 Å². The van der Waals surface area contributed by atoms with Gasteiger partial charge < -0.3 is 10.4 Å². The highest BCUT2D eigenvalue weighted by Gasteiger charge is 2.19. The summed E-state index contributed by atoms with van der Waals surface area (Å²) >= 11 is 0. The minimum Gasteiger partial charge on any atom is -0.478 e. The summed E-state index contributed by atoms with van der Waals surface area (Å²) in [5.41, 5.74) is 0.511. The minimum atomic E-state index is -0.789. The predicted molar refractivity (Wildman–Crippen MR) is 74.6 cm³/mol. The van der Waals surface area contributed by atoms with Gasteiger partial charge in [0.25, 0.3) is 0 Å². The summed E-state index contributed by atoms with van der Waals surface area (Å²) < 4.78 is 0. The lowest BCUT2D eigenvalue weighted by atomic mass is 9.81. The van der Waals surface area contributed by atoms with Gasteiger partial charge in [-0.05, 0) is 37.6 Å². The molecular formula is C15H27NO2. The molecule has 1 aliphatic rings. The van der Waals surface area contributed by atoms with Gasteiger partial charge in [0.1, 0.15) is 0 Å². The summed E-state index contributed by atoms with van der Waals surface area (Å²) in [6.07, 6.45) is 9.12. The van der Waals surface area contributed by atoms with Gasteiger partial charge >= 0.3 is 5.97 Å². The van der Waals surface area contributed by atoms with E-state index in [9.17, 15) is 4.79 Å². The monoisotopic (exact) mass is 253 g/mol. The molecule has 3 heteroatoms. The van der Waals surface area contributed by atoms with Crippen LogP contribution in [0.15, 0.2) is 11.6 Å². The molecule has 0 atom stereocenters. The van der Waals surface area contributed by atoms with Crippen molar-refractivity contribution in [3.63, 3.8) is 0 Å². The molecule has 1 aliphatic carbocycles. The Balaban J connectivity index is 2.17. The largest absolute Gasteiger partial charge is 0.478 e. The molecule has 0 aliphatic heterocycles. The van der Waals surface area contributed by atoms with Crippen molar-refractivity contribution < 1.29 is 9.90 Å². The van der Waals surface area contributed by atoms with E-state index in [4.69, 9.17) is 5.11 Å². The number of carboxylic acids is 1. The summed E-state index contributed by atoms with van der Waals surface area (Å²) in [4.78, 5) is 10.8. The smallest absolute Gasteiger partial charge is 0.331 e. The first-order chi connectivity index (χ1) is 8.67. The highest BCUT2D eigenvalue weighted by atomic mass is 16.4. The fourth-order valence-corrected chi connectivity index (χ4v) is 2.71. The third-order valence-corrected chi connectivity index (χ3v) is 4.13. The molecule has 0 unspecified atom stereocenters. The van der Waals surface area contributed by atoms with Crippen molar-refractivity contribution in [3.05, 3.63) is 11.6 Å². The molecular weight excluding hydrogens is 226 g/mol. The van der Waals surface area contributed by atoms with Gasteiger partial charge in [-0.1, -0.05) is 39.2 Å². The van der Waals surface area contributed by atoms with Gasteiger partial charge in [-0.25, -0.2) is 4.79 Å². The number of rotatable bonds is 7. The number of hydrogen-bond acceptors (Lipinski definition) is 2. The Morgan fingerprint density at radius 2 is 1.83 bits per heavy atom. The van der Waals surface area contributed by atoms with Crippen LogP contribution in [0.5, 0.6) is 0 Å². The first kappa shape index (κ1) is 15.2. The second-order valence-corrected chi connectivity index (χ2v) is 5.34. The standard InChI is InChI=1S/C15H27NO2/c1-3-12-5-7-13(8-6-12)11-16-10-9-14(4-2)15(17)18/h9,12-13,16H,3-8,10-11H2,1-2H3,(H,17,18)/b14-9-. The number of nitrogens with one attached hydrogen (secondary N) is 1. The Bertz CT molecular complexity index is 278. The Labute approximate surface area is 111 Å². The molecule has 18 heavy (non-hydrogen) atoms. The average Bonchev–Trinajstić information content (AvgIpc) is 2.39. The van der Waals surface area contributed by atoms with Crippen molar-refractivity contribution in [1.29, 1.82) is 0 Å². The number of hydrogen-bond donors (Lipinski definition) is 2. The van der Waals surface area contributed by atoms with Crippen molar-refractivity contribution in [2.45, 2.75) is 52.4 Å². The third kappa shape index (κ3) is 5.21. The van der Waals surface area contributed by atoms with Gasteiger partial charge in [0.2, 0.25) is 0 Å². The maximum Gasteiger partial charge on any atom is 0.331 e. The second-order valence-electron chi connectivity index (χ2n) is 5.34. The normalized spacial score (nSPS) is 25.1. The van der Waals surface area contributed by atoms with E-state index >= 15 is 0 Å². The van der Waals surface area contributed by atoms with Crippen molar-refractivity contribution in [2.75, 3.05) is 13.1 Å². The summed E-state index contributed by atoms with van der Waals surface area (Å²) in [6, 6.07) is 0. The molecule has 0 bridgehead atoms. The molecule has 0 saturated heterocycles. The lowest BCUT2D eigenvalue weighted by Gasteiger charge is -2.27. The molecule has 0 amide bonds. The van der Waals surface area contributed by atoms with Crippen LogP contribution in [0.25, 0.3) is 0 Å². The van der Waals surface area contributed by atoms with E-state index < -0.39 is 5.97 Å². The van der Waals surface area contributed by atoms with Gasteiger partial charge in [-0.15, -0.1) is 0 Å². The molecule has 0 aromatic heterocycles. The van der Waals surface area contributed by atoms with Crippen LogP contribution in [0.2, 0.25) is 0 Å².